The lowest BCUT2D eigenvalue weighted by Crippen LogP contribution is -2.49. The van der Waals surface area contributed by atoms with Crippen LogP contribution in [-0.2, 0) is 9.53 Å². The summed E-state index contributed by atoms with van der Waals surface area (Å²) in [6.07, 6.45) is 2.19. The quantitative estimate of drug-likeness (QED) is 0.327. The van der Waals surface area contributed by atoms with E-state index in [1.54, 1.807) is 60.6 Å². The molecule has 2 aliphatic rings. The van der Waals surface area contributed by atoms with Crippen molar-refractivity contribution in [2.24, 2.45) is 0 Å². The highest BCUT2D eigenvalue weighted by molar-refractivity contribution is 5.84. The lowest BCUT2D eigenvalue weighted by atomic mass is 10.0. The summed E-state index contributed by atoms with van der Waals surface area (Å²) >= 11 is 0. The molecule has 0 aliphatic carbocycles. The molecule has 3 aromatic heterocycles. The minimum atomic E-state index is -2.82. The molecule has 6 rings (SSSR count). The van der Waals surface area contributed by atoms with Gasteiger partial charge in [-0.25, -0.2) is 23.7 Å². The number of para-hydroxylation sites is 2. The molecule has 12 nitrogen and oxygen atoms in total. The Morgan fingerprint density at radius 2 is 1.67 bits per heavy atom. The van der Waals surface area contributed by atoms with Crippen LogP contribution in [0.25, 0.3) is 16.9 Å². The number of imidazole rings is 1. The van der Waals surface area contributed by atoms with Crippen molar-refractivity contribution >= 4 is 34.7 Å². The number of halogens is 2. The predicted octanol–water partition coefficient (Wildman–Crippen LogP) is 3.31. The van der Waals surface area contributed by atoms with Crippen LogP contribution in [0.4, 0.5) is 26.5 Å². The summed E-state index contributed by atoms with van der Waals surface area (Å²) in [6.45, 7) is 5.47. The molecule has 0 saturated carbocycles. The summed E-state index contributed by atoms with van der Waals surface area (Å²) < 4.78 is 35.2. The fraction of sp³-hybridized carbons (Fsp3) is 0.448. The number of nitrogens with one attached hydrogen (secondary N) is 1. The third-order valence-electron chi connectivity index (χ3n) is 7.96. The maximum atomic E-state index is 14.2. The summed E-state index contributed by atoms with van der Waals surface area (Å²) in [7, 11) is 1.81. The smallest absolute Gasteiger partial charge is 0.296 e. The molecule has 2 fully saturated rings. The Labute approximate surface area is 247 Å². The average molecular weight is 593 g/mol. The van der Waals surface area contributed by atoms with E-state index in [0.29, 0.717) is 49.1 Å². The van der Waals surface area contributed by atoms with E-state index in [1.165, 1.54) is 4.57 Å². The third kappa shape index (κ3) is 6.05. The Morgan fingerprint density at radius 3 is 2.40 bits per heavy atom. The summed E-state index contributed by atoms with van der Waals surface area (Å²) in [6, 6.07) is 9.80. The lowest BCUT2D eigenvalue weighted by molar-refractivity contribution is -0.132. The fourth-order valence-electron chi connectivity index (χ4n) is 5.64. The van der Waals surface area contributed by atoms with Crippen LogP contribution in [0.5, 0.6) is 0 Å². The second kappa shape index (κ2) is 12.4. The van der Waals surface area contributed by atoms with Gasteiger partial charge in [0.05, 0.1) is 24.2 Å². The van der Waals surface area contributed by atoms with E-state index >= 15 is 0 Å². The molecule has 4 aromatic rings. The van der Waals surface area contributed by atoms with Gasteiger partial charge in [0.1, 0.15) is 17.7 Å². The van der Waals surface area contributed by atoms with Gasteiger partial charge in [-0.2, -0.15) is 9.97 Å². The highest BCUT2D eigenvalue weighted by Gasteiger charge is 2.30. The number of fused-ring (bicyclic) bond motifs is 1. The van der Waals surface area contributed by atoms with E-state index in [4.69, 9.17) is 9.72 Å². The Balaban J connectivity index is 1.24. The molecule has 1 amide bonds. The lowest BCUT2D eigenvalue weighted by Gasteiger charge is -2.37. The second-order valence-corrected chi connectivity index (χ2v) is 10.7. The third-order valence-corrected chi connectivity index (χ3v) is 7.96. The number of ether oxygens (including phenoxy) is 1. The summed E-state index contributed by atoms with van der Waals surface area (Å²) in [4.78, 5) is 41.6. The highest BCUT2D eigenvalue weighted by atomic mass is 19.3. The van der Waals surface area contributed by atoms with E-state index in [2.05, 4.69) is 30.2 Å². The van der Waals surface area contributed by atoms with Gasteiger partial charge >= 0.3 is 0 Å². The number of anilines is 3. The van der Waals surface area contributed by atoms with Crippen LogP contribution in [0.1, 0.15) is 32.0 Å². The summed E-state index contributed by atoms with van der Waals surface area (Å²) in [5.41, 5.74) is 0.945. The number of benzene rings is 1. The molecule has 226 valence electrons. The number of likely N-dealkylation sites (N-methyl/N-ethyl adjacent to an activating group) is 1. The number of piperidine rings is 1. The zero-order chi connectivity index (χ0) is 29.9. The molecule has 0 spiro atoms. The number of nitrogens with zero attached hydrogens (tertiary/aromatic N) is 9. The largest absolute Gasteiger partial charge is 0.378 e. The number of aromatic nitrogens is 6. The molecule has 43 heavy (non-hydrogen) atoms. The van der Waals surface area contributed by atoms with Crippen LogP contribution >= 0.6 is 0 Å². The van der Waals surface area contributed by atoms with Crippen molar-refractivity contribution in [3.05, 3.63) is 54.6 Å². The van der Waals surface area contributed by atoms with Gasteiger partial charge in [-0.1, -0.05) is 12.1 Å². The molecule has 0 bridgehead atoms. The van der Waals surface area contributed by atoms with Gasteiger partial charge in [-0.15, -0.1) is 0 Å². The second-order valence-electron chi connectivity index (χ2n) is 10.7. The number of amides is 1. The summed E-state index contributed by atoms with van der Waals surface area (Å²) in [5.74, 6) is 1.14. The van der Waals surface area contributed by atoms with Crippen LogP contribution in [-0.4, -0.2) is 98.8 Å². The van der Waals surface area contributed by atoms with Gasteiger partial charge in [0.25, 0.3) is 6.43 Å². The van der Waals surface area contributed by atoms with E-state index in [1.807, 2.05) is 11.9 Å². The average Bonchev–Trinajstić information content (AvgIpc) is 3.45. The van der Waals surface area contributed by atoms with Crippen molar-refractivity contribution in [3.63, 3.8) is 0 Å². The number of hydrogen-bond donors (Lipinski definition) is 1. The van der Waals surface area contributed by atoms with Crippen LogP contribution < -0.4 is 15.1 Å². The minimum absolute atomic E-state index is 0.0544. The number of morpholine rings is 1. The number of alkyl halides is 2. The van der Waals surface area contributed by atoms with Gasteiger partial charge in [-0.05, 0) is 38.0 Å². The first kappa shape index (κ1) is 28.6. The van der Waals surface area contributed by atoms with Gasteiger partial charge in [0.15, 0.2) is 5.82 Å². The van der Waals surface area contributed by atoms with Crippen LogP contribution in [0.2, 0.25) is 0 Å². The van der Waals surface area contributed by atoms with Gasteiger partial charge in [0.2, 0.25) is 17.8 Å². The van der Waals surface area contributed by atoms with E-state index < -0.39 is 18.3 Å². The zero-order valence-electron chi connectivity index (χ0n) is 24.1. The predicted molar refractivity (Wildman–Crippen MR) is 158 cm³/mol. The normalized spacial score (nSPS) is 17.0. The van der Waals surface area contributed by atoms with Crippen molar-refractivity contribution in [2.45, 2.75) is 38.3 Å². The maximum Gasteiger partial charge on any atom is 0.296 e. The molecule has 2 aliphatic heterocycles. The molecule has 1 aromatic carbocycles. The minimum Gasteiger partial charge on any atom is -0.378 e. The first-order chi connectivity index (χ1) is 20.9. The molecule has 0 radical (unpaired) electrons. The number of hydrogen-bond acceptors (Lipinski definition) is 10. The van der Waals surface area contributed by atoms with Crippen molar-refractivity contribution < 1.29 is 18.3 Å². The van der Waals surface area contributed by atoms with Crippen molar-refractivity contribution in [1.82, 2.24) is 34.4 Å². The Kier molecular flexibility index (Phi) is 8.27. The van der Waals surface area contributed by atoms with Crippen LogP contribution in [0.15, 0.2) is 48.8 Å². The monoisotopic (exact) mass is 592 g/mol. The standard InChI is InChI=1S/C29H34F2N10O2/c1-19(27(42)38(2)20-8-12-40(13-9-20)29-32-10-5-11-33-29)34-28-36-23(39-14-16-43-17-15-39)18-24(37-28)41-22-7-4-3-6-21(22)35-26(41)25(30)31/h3-7,10-11,18-20,25H,8-9,12-17H2,1-2H3,(H,34,36,37)/t19-/m0/s1. The van der Waals surface area contributed by atoms with Crippen molar-refractivity contribution in [2.75, 3.05) is 61.6 Å². The molecular weight excluding hydrogens is 558 g/mol. The van der Waals surface area contributed by atoms with E-state index in [0.717, 1.165) is 25.9 Å². The topological polar surface area (TPSA) is 117 Å². The SMILES string of the molecule is C[C@H](Nc1nc(N2CCOCC2)cc(-n2c(C(F)F)nc3ccccc32)n1)C(=O)N(C)C1CCN(c2ncccn2)CC1. The fourth-order valence-corrected chi connectivity index (χ4v) is 5.64. The Hall–Kier alpha value is -4.46. The van der Waals surface area contributed by atoms with Gasteiger partial charge in [0, 0.05) is 57.7 Å². The molecule has 14 heteroatoms. The van der Waals surface area contributed by atoms with Crippen LogP contribution in [0.3, 0.4) is 0 Å². The molecule has 5 heterocycles. The zero-order valence-corrected chi connectivity index (χ0v) is 24.1. The van der Waals surface area contributed by atoms with Crippen molar-refractivity contribution in [1.29, 1.82) is 0 Å². The Morgan fingerprint density at radius 1 is 0.977 bits per heavy atom. The van der Waals surface area contributed by atoms with Crippen LogP contribution in [0, 0.1) is 0 Å². The molecule has 1 atom stereocenters. The summed E-state index contributed by atoms with van der Waals surface area (Å²) in [5, 5.41) is 3.15. The van der Waals surface area contributed by atoms with E-state index in [9.17, 15) is 13.6 Å². The van der Waals surface area contributed by atoms with Crippen molar-refractivity contribution in [3.8, 4) is 5.82 Å². The van der Waals surface area contributed by atoms with Gasteiger partial charge < -0.3 is 24.8 Å². The number of carbonyl (C=O) groups is 1. The first-order valence-electron chi connectivity index (χ1n) is 14.4. The maximum absolute atomic E-state index is 14.2. The molecular formula is C29H34F2N10O2. The number of rotatable bonds is 8. The highest BCUT2D eigenvalue weighted by Crippen LogP contribution is 2.29. The Bertz CT molecular complexity index is 1560. The molecule has 1 N–H and O–H groups in total. The number of carbonyl (C=O) groups excluding carboxylic acids is 1. The first-order valence-corrected chi connectivity index (χ1v) is 14.4. The molecule has 2 saturated heterocycles. The van der Waals surface area contributed by atoms with E-state index in [-0.39, 0.29) is 23.7 Å². The van der Waals surface area contributed by atoms with Gasteiger partial charge in [-0.3, -0.25) is 9.36 Å². The molecule has 0 unspecified atom stereocenters.